The van der Waals surface area contributed by atoms with Gasteiger partial charge in [-0.3, -0.25) is 10.1 Å². The van der Waals surface area contributed by atoms with E-state index in [2.05, 4.69) is 12.2 Å². The van der Waals surface area contributed by atoms with E-state index >= 15 is 0 Å². The number of ether oxygens (including phenoxy) is 1. The summed E-state index contributed by atoms with van der Waals surface area (Å²) >= 11 is 0. The number of benzene rings is 1. The van der Waals surface area contributed by atoms with E-state index in [0.29, 0.717) is 17.4 Å². The van der Waals surface area contributed by atoms with Crippen LogP contribution in [0.3, 0.4) is 0 Å². The first-order valence-corrected chi connectivity index (χ1v) is 7.75. The highest BCUT2D eigenvalue weighted by Gasteiger charge is 2.26. The molecule has 21 heavy (non-hydrogen) atoms. The number of hydrogen-bond donors (Lipinski definition) is 1. The topological polar surface area (TPSA) is 64.4 Å². The number of rotatable bonds is 6. The normalized spacial score (nSPS) is 17.2. The van der Waals surface area contributed by atoms with E-state index in [0.717, 1.165) is 6.42 Å². The van der Waals surface area contributed by atoms with Crippen molar-refractivity contribution in [2.24, 2.45) is 5.92 Å². The van der Waals surface area contributed by atoms with E-state index in [1.165, 1.54) is 39.2 Å². The summed E-state index contributed by atoms with van der Waals surface area (Å²) in [5.41, 5.74) is 0.603. The van der Waals surface area contributed by atoms with Crippen molar-refractivity contribution in [3.05, 3.63) is 28.3 Å². The lowest BCUT2D eigenvalue weighted by Crippen LogP contribution is -2.30. The summed E-state index contributed by atoms with van der Waals surface area (Å²) in [4.78, 5) is 11.0. The van der Waals surface area contributed by atoms with Gasteiger partial charge in [-0.25, -0.2) is 0 Å². The Kier molecular flexibility index (Phi) is 5.42. The molecular weight excluding hydrogens is 268 g/mol. The lowest BCUT2D eigenvalue weighted by molar-refractivity contribution is -0.384. The van der Waals surface area contributed by atoms with Gasteiger partial charge in [-0.15, -0.1) is 0 Å². The predicted octanol–water partition coefficient (Wildman–Crippen LogP) is 4.37. The van der Waals surface area contributed by atoms with E-state index in [1.54, 1.807) is 18.2 Å². The molecule has 0 amide bonds. The van der Waals surface area contributed by atoms with Crippen molar-refractivity contribution in [3.63, 3.8) is 0 Å². The van der Waals surface area contributed by atoms with Gasteiger partial charge in [0.25, 0.3) is 0 Å². The molecule has 1 fully saturated rings. The molecule has 0 bridgehead atoms. The van der Waals surface area contributed by atoms with Gasteiger partial charge < -0.3 is 10.1 Å². The van der Waals surface area contributed by atoms with Crippen LogP contribution in [0.1, 0.15) is 45.4 Å². The first kappa shape index (κ1) is 15.6. The molecule has 5 nitrogen and oxygen atoms in total. The molecule has 1 aromatic rings. The Hall–Kier alpha value is -1.78. The lowest BCUT2D eigenvalue weighted by Gasteiger charge is -2.31. The van der Waals surface area contributed by atoms with Crippen molar-refractivity contribution in [1.82, 2.24) is 0 Å². The molecular formula is C16H24N2O3. The molecule has 1 aliphatic rings. The zero-order chi connectivity index (χ0) is 15.2. The molecule has 1 atom stereocenters. The highest BCUT2D eigenvalue weighted by molar-refractivity contribution is 5.68. The van der Waals surface area contributed by atoms with Gasteiger partial charge in [0, 0.05) is 6.04 Å². The van der Waals surface area contributed by atoms with E-state index in [4.69, 9.17) is 4.74 Å². The highest BCUT2D eigenvalue weighted by Crippen LogP contribution is 2.37. The SMILES string of the molecule is CCC(Nc1cccc(OC)c1[N+](=O)[O-])C1CCCCC1. The second-order valence-electron chi connectivity index (χ2n) is 5.67. The maximum Gasteiger partial charge on any atom is 0.333 e. The van der Waals surface area contributed by atoms with Crippen molar-refractivity contribution < 1.29 is 9.66 Å². The summed E-state index contributed by atoms with van der Waals surface area (Å²) in [6.45, 7) is 2.14. The Labute approximate surface area is 125 Å². The van der Waals surface area contributed by atoms with Crippen molar-refractivity contribution in [2.75, 3.05) is 12.4 Å². The Bertz CT molecular complexity index is 484. The van der Waals surface area contributed by atoms with Crippen LogP contribution in [0.25, 0.3) is 0 Å². The molecule has 0 spiro atoms. The van der Waals surface area contributed by atoms with E-state index in [9.17, 15) is 10.1 Å². The molecule has 2 rings (SSSR count). The zero-order valence-electron chi connectivity index (χ0n) is 12.8. The van der Waals surface area contributed by atoms with Crippen LogP contribution in [-0.4, -0.2) is 18.1 Å². The molecule has 0 saturated heterocycles. The van der Waals surface area contributed by atoms with Gasteiger partial charge in [-0.1, -0.05) is 32.3 Å². The second-order valence-corrected chi connectivity index (χ2v) is 5.67. The van der Waals surface area contributed by atoms with Crippen molar-refractivity contribution in [3.8, 4) is 5.75 Å². The number of nitro benzene ring substituents is 1. The first-order valence-electron chi connectivity index (χ1n) is 7.75. The number of nitrogens with zero attached hydrogens (tertiary/aromatic N) is 1. The summed E-state index contributed by atoms with van der Waals surface area (Å²) in [6.07, 6.45) is 7.24. The molecule has 1 unspecified atom stereocenters. The van der Waals surface area contributed by atoms with Gasteiger partial charge in [0.1, 0.15) is 5.69 Å². The fourth-order valence-corrected chi connectivity index (χ4v) is 3.28. The van der Waals surface area contributed by atoms with Crippen molar-refractivity contribution in [2.45, 2.75) is 51.5 Å². The van der Waals surface area contributed by atoms with Gasteiger partial charge in [0.05, 0.1) is 12.0 Å². The van der Waals surface area contributed by atoms with Crippen molar-refractivity contribution in [1.29, 1.82) is 0 Å². The fourth-order valence-electron chi connectivity index (χ4n) is 3.28. The Morgan fingerprint density at radius 1 is 1.38 bits per heavy atom. The summed E-state index contributed by atoms with van der Waals surface area (Å²) in [5, 5.41) is 14.7. The van der Waals surface area contributed by atoms with Crippen LogP contribution in [0.15, 0.2) is 18.2 Å². The molecule has 0 aliphatic heterocycles. The lowest BCUT2D eigenvalue weighted by atomic mass is 9.83. The molecule has 1 saturated carbocycles. The first-order chi connectivity index (χ1) is 10.2. The van der Waals surface area contributed by atoms with E-state index < -0.39 is 0 Å². The molecule has 1 aromatic carbocycles. The third-order valence-corrected chi connectivity index (χ3v) is 4.40. The highest BCUT2D eigenvalue weighted by atomic mass is 16.6. The smallest absolute Gasteiger partial charge is 0.333 e. The van der Waals surface area contributed by atoms with Crippen molar-refractivity contribution >= 4 is 11.4 Å². The van der Waals surface area contributed by atoms with Crippen LogP contribution in [0.5, 0.6) is 5.75 Å². The van der Waals surface area contributed by atoms with E-state index in [-0.39, 0.29) is 16.7 Å². The molecule has 0 radical (unpaired) electrons. The van der Waals surface area contributed by atoms with Crippen LogP contribution in [0.2, 0.25) is 0 Å². The second kappa shape index (κ2) is 7.29. The van der Waals surface area contributed by atoms with Crippen LogP contribution < -0.4 is 10.1 Å². The average molecular weight is 292 g/mol. The van der Waals surface area contributed by atoms with Gasteiger partial charge in [-0.05, 0) is 37.3 Å². The molecule has 0 aromatic heterocycles. The fraction of sp³-hybridized carbons (Fsp3) is 0.625. The Morgan fingerprint density at radius 2 is 2.10 bits per heavy atom. The van der Waals surface area contributed by atoms with E-state index in [1.807, 2.05) is 0 Å². The maximum absolute atomic E-state index is 11.3. The number of para-hydroxylation sites is 1. The third kappa shape index (κ3) is 3.65. The minimum atomic E-state index is -0.366. The standard InChI is InChI=1S/C16H24N2O3/c1-3-13(12-8-5-4-6-9-12)17-14-10-7-11-15(21-2)16(14)18(19)20/h7,10-13,17H,3-6,8-9H2,1-2H3. The zero-order valence-corrected chi connectivity index (χ0v) is 12.8. The number of nitrogens with one attached hydrogen (secondary N) is 1. The Balaban J connectivity index is 2.22. The summed E-state index contributed by atoms with van der Waals surface area (Å²) in [5.74, 6) is 0.915. The number of hydrogen-bond acceptors (Lipinski definition) is 4. The van der Waals surface area contributed by atoms with Crippen LogP contribution in [-0.2, 0) is 0 Å². The average Bonchev–Trinajstić information content (AvgIpc) is 2.52. The predicted molar refractivity (Wildman–Crippen MR) is 83.9 cm³/mol. The largest absolute Gasteiger partial charge is 0.490 e. The monoisotopic (exact) mass is 292 g/mol. The molecule has 1 aliphatic carbocycles. The van der Waals surface area contributed by atoms with Gasteiger partial charge in [0.15, 0.2) is 5.75 Å². The summed E-state index contributed by atoms with van der Waals surface area (Å²) < 4.78 is 5.13. The minimum absolute atomic E-state index is 0.0364. The Morgan fingerprint density at radius 3 is 2.67 bits per heavy atom. The van der Waals surface area contributed by atoms with Gasteiger partial charge in [0.2, 0.25) is 0 Å². The minimum Gasteiger partial charge on any atom is -0.490 e. The van der Waals surface area contributed by atoms with Crippen LogP contribution >= 0.6 is 0 Å². The van der Waals surface area contributed by atoms with Gasteiger partial charge >= 0.3 is 5.69 Å². The third-order valence-electron chi connectivity index (χ3n) is 4.40. The number of methoxy groups -OCH3 is 1. The quantitative estimate of drug-likeness (QED) is 0.624. The van der Waals surface area contributed by atoms with Gasteiger partial charge in [-0.2, -0.15) is 0 Å². The summed E-state index contributed by atoms with van der Waals surface area (Å²) in [6, 6.07) is 5.48. The number of anilines is 1. The molecule has 0 heterocycles. The summed E-state index contributed by atoms with van der Waals surface area (Å²) in [7, 11) is 1.46. The number of nitro groups is 1. The van der Waals surface area contributed by atoms with Crippen LogP contribution in [0, 0.1) is 16.0 Å². The molecule has 116 valence electrons. The molecule has 5 heteroatoms. The molecule has 1 N–H and O–H groups in total. The van der Waals surface area contributed by atoms with Crippen LogP contribution in [0.4, 0.5) is 11.4 Å². The maximum atomic E-state index is 11.3.